The van der Waals surface area contributed by atoms with Gasteiger partial charge in [-0.05, 0) is 30.7 Å². The quantitative estimate of drug-likeness (QED) is 0.629. The van der Waals surface area contributed by atoms with Crippen LogP contribution in [0.4, 0.5) is 0 Å². The summed E-state index contributed by atoms with van der Waals surface area (Å²) in [6.45, 7) is 4.23. The number of aryl methyl sites for hydroxylation is 1. The Kier molecular flexibility index (Phi) is 2.77. The van der Waals surface area contributed by atoms with Crippen LogP contribution in [0.3, 0.4) is 0 Å². The zero-order valence-electron chi connectivity index (χ0n) is 9.20. The van der Waals surface area contributed by atoms with Gasteiger partial charge in [-0.15, -0.1) is 0 Å². The van der Waals surface area contributed by atoms with Crippen molar-refractivity contribution in [2.75, 3.05) is 0 Å². The highest BCUT2D eigenvalue weighted by molar-refractivity contribution is 5.71. The van der Waals surface area contributed by atoms with Gasteiger partial charge in [-0.2, -0.15) is 0 Å². The third-order valence-electron chi connectivity index (χ3n) is 2.71. The molecule has 0 N–H and O–H groups in total. The molecule has 0 atom stereocenters. The Hall–Kier alpha value is -1.69. The average molecular weight is 195 g/mol. The molecular weight excluding hydrogens is 180 g/mol. The molecule has 0 radical (unpaired) electrons. The first-order valence-electron chi connectivity index (χ1n) is 5.27. The van der Waals surface area contributed by atoms with Crippen molar-refractivity contribution in [1.82, 2.24) is 0 Å². The molecule has 0 aromatic heterocycles. The molecule has 0 aliphatic rings. The zero-order valence-corrected chi connectivity index (χ0v) is 9.20. The molecule has 0 heteroatoms. The molecule has 0 spiro atoms. The molecule has 0 amide bonds. The maximum atomic E-state index is 2.18. The largest absolute Gasteiger partial charge is 0.137 e. The van der Waals surface area contributed by atoms with Crippen molar-refractivity contribution < 1.29 is 0 Å². The molecule has 74 valence electrons. The molecule has 0 aliphatic heterocycles. The molecule has 2 aromatic carbocycles. The molecule has 0 fully saturated rings. The number of hydrogen-bond acceptors (Lipinski definition) is 0. The third kappa shape index (κ3) is 1.89. The summed E-state index contributed by atoms with van der Waals surface area (Å²) in [4.78, 5) is 0. The van der Waals surface area contributed by atoms with Crippen molar-refractivity contribution >= 4 is 0 Å². The van der Waals surface area contributed by atoms with Crippen LogP contribution >= 0.6 is 0 Å². The van der Waals surface area contributed by atoms with E-state index < -0.39 is 0 Å². The van der Waals surface area contributed by atoms with E-state index in [1.807, 2.05) is 0 Å². The first kappa shape index (κ1) is 9.85. The number of benzene rings is 2. The van der Waals surface area contributed by atoms with Crippen molar-refractivity contribution in [3.8, 4) is 11.1 Å². The van der Waals surface area contributed by atoms with Crippen LogP contribution in [-0.4, -0.2) is 0 Å². The lowest BCUT2D eigenvalue weighted by molar-refractivity contribution is 1.39. The standard InChI is InChI=1S/C15H15/c1-3-13-9-5-7-11-15(13)14-10-6-4-8-12(14)2/h3-11H,1-2H3/q+1. The van der Waals surface area contributed by atoms with E-state index in [0.29, 0.717) is 0 Å². The van der Waals surface area contributed by atoms with Crippen LogP contribution in [-0.2, 0) is 0 Å². The Morgan fingerprint density at radius 3 is 2.07 bits per heavy atom. The van der Waals surface area contributed by atoms with E-state index in [-0.39, 0.29) is 0 Å². The molecule has 2 rings (SSSR count). The highest BCUT2D eigenvalue weighted by atomic mass is 14.1. The predicted octanol–water partition coefficient (Wildman–Crippen LogP) is 4.23. The maximum absolute atomic E-state index is 2.18. The van der Waals surface area contributed by atoms with Gasteiger partial charge in [0, 0.05) is 31.0 Å². The fraction of sp³-hybridized carbons (Fsp3) is 0.133. The van der Waals surface area contributed by atoms with E-state index in [1.54, 1.807) is 0 Å². The highest BCUT2D eigenvalue weighted by Crippen LogP contribution is 2.27. The summed E-state index contributed by atoms with van der Waals surface area (Å²) in [5, 5.41) is 0. The van der Waals surface area contributed by atoms with E-state index >= 15 is 0 Å². The van der Waals surface area contributed by atoms with Crippen molar-refractivity contribution in [2.45, 2.75) is 13.8 Å². The second-order valence-corrected chi connectivity index (χ2v) is 3.69. The van der Waals surface area contributed by atoms with Crippen molar-refractivity contribution in [3.63, 3.8) is 0 Å². The normalized spacial score (nSPS) is 10.0. The van der Waals surface area contributed by atoms with Crippen molar-refractivity contribution in [2.24, 2.45) is 0 Å². The first-order chi connectivity index (χ1) is 7.33. The van der Waals surface area contributed by atoms with Crippen molar-refractivity contribution in [3.05, 3.63) is 66.1 Å². The van der Waals surface area contributed by atoms with E-state index in [2.05, 4.69) is 68.8 Å². The maximum Gasteiger partial charge on any atom is 0.137 e. The zero-order chi connectivity index (χ0) is 10.7. The summed E-state index contributed by atoms with van der Waals surface area (Å²) in [6, 6.07) is 17.0. The highest BCUT2D eigenvalue weighted by Gasteiger charge is 2.12. The van der Waals surface area contributed by atoms with Crippen LogP contribution in [0.2, 0.25) is 0 Å². The van der Waals surface area contributed by atoms with E-state index in [4.69, 9.17) is 0 Å². The minimum atomic E-state index is 1.30. The van der Waals surface area contributed by atoms with Gasteiger partial charge in [0.15, 0.2) is 0 Å². The Balaban J connectivity index is 2.59. The Bertz CT molecular complexity index is 455. The smallest absolute Gasteiger partial charge is 0.0619 e. The Labute approximate surface area is 91.6 Å². The molecule has 0 bridgehead atoms. The molecule has 0 saturated carbocycles. The minimum absolute atomic E-state index is 1.30. The fourth-order valence-electron chi connectivity index (χ4n) is 1.87. The second-order valence-electron chi connectivity index (χ2n) is 3.69. The second kappa shape index (κ2) is 4.22. The van der Waals surface area contributed by atoms with Gasteiger partial charge in [-0.3, -0.25) is 0 Å². The van der Waals surface area contributed by atoms with Crippen LogP contribution < -0.4 is 0 Å². The van der Waals surface area contributed by atoms with Gasteiger partial charge in [0.2, 0.25) is 0 Å². The molecule has 0 unspecified atom stereocenters. The predicted molar refractivity (Wildman–Crippen MR) is 65.7 cm³/mol. The SMILES string of the molecule is C[CH+]c1ccccc1-c1ccccc1C. The fourth-order valence-corrected chi connectivity index (χ4v) is 1.87. The van der Waals surface area contributed by atoms with E-state index in [0.717, 1.165) is 0 Å². The molecular formula is C15H15+. The average Bonchev–Trinajstić information content (AvgIpc) is 2.30. The lowest BCUT2D eigenvalue weighted by Gasteiger charge is -2.03. The van der Waals surface area contributed by atoms with Crippen LogP contribution in [0.15, 0.2) is 48.5 Å². The first-order valence-corrected chi connectivity index (χ1v) is 5.27. The van der Waals surface area contributed by atoms with Gasteiger partial charge in [-0.25, -0.2) is 0 Å². The van der Waals surface area contributed by atoms with Crippen LogP contribution in [0.1, 0.15) is 18.1 Å². The van der Waals surface area contributed by atoms with Crippen molar-refractivity contribution in [1.29, 1.82) is 0 Å². The minimum Gasteiger partial charge on any atom is -0.0619 e. The summed E-state index contributed by atoms with van der Waals surface area (Å²) in [5.74, 6) is 0. The summed E-state index contributed by atoms with van der Waals surface area (Å²) < 4.78 is 0. The van der Waals surface area contributed by atoms with Gasteiger partial charge >= 0.3 is 0 Å². The van der Waals surface area contributed by atoms with Gasteiger partial charge in [0.05, 0.1) is 5.56 Å². The van der Waals surface area contributed by atoms with Crippen LogP contribution in [0.25, 0.3) is 11.1 Å². The molecule has 0 heterocycles. The Morgan fingerprint density at radius 2 is 1.40 bits per heavy atom. The topological polar surface area (TPSA) is 0 Å². The van der Waals surface area contributed by atoms with Gasteiger partial charge in [-0.1, -0.05) is 18.2 Å². The molecule has 0 saturated heterocycles. The summed E-state index contributed by atoms with van der Waals surface area (Å²) in [5.41, 5.74) is 5.27. The molecule has 15 heavy (non-hydrogen) atoms. The molecule has 0 nitrogen and oxygen atoms in total. The summed E-state index contributed by atoms with van der Waals surface area (Å²) in [6.07, 6.45) is 2.15. The summed E-state index contributed by atoms with van der Waals surface area (Å²) >= 11 is 0. The summed E-state index contributed by atoms with van der Waals surface area (Å²) in [7, 11) is 0. The molecule has 2 aromatic rings. The van der Waals surface area contributed by atoms with Crippen LogP contribution in [0, 0.1) is 13.3 Å². The monoisotopic (exact) mass is 195 g/mol. The lowest BCUT2D eigenvalue weighted by Crippen LogP contribution is -1.87. The van der Waals surface area contributed by atoms with Gasteiger partial charge in [0.1, 0.15) is 5.56 Å². The van der Waals surface area contributed by atoms with Gasteiger partial charge in [0.25, 0.3) is 0 Å². The van der Waals surface area contributed by atoms with Gasteiger partial charge < -0.3 is 0 Å². The van der Waals surface area contributed by atoms with E-state index in [1.165, 1.54) is 22.3 Å². The van der Waals surface area contributed by atoms with Crippen LogP contribution in [0.5, 0.6) is 0 Å². The number of rotatable bonds is 2. The lowest BCUT2D eigenvalue weighted by atomic mass is 9.95. The number of hydrogen-bond donors (Lipinski definition) is 0. The Morgan fingerprint density at radius 1 is 0.800 bits per heavy atom. The molecule has 0 aliphatic carbocycles. The third-order valence-corrected chi connectivity index (χ3v) is 2.71. The van der Waals surface area contributed by atoms with E-state index in [9.17, 15) is 0 Å².